The number of ketones is 1. The quantitative estimate of drug-likeness (QED) is 0.799. The van der Waals surface area contributed by atoms with Gasteiger partial charge in [0.2, 0.25) is 5.91 Å². The summed E-state index contributed by atoms with van der Waals surface area (Å²) in [4.78, 5) is 26.0. The highest BCUT2D eigenvalue weighted by Crippen LogP contribution is 2.41. The summed E-state index contributed by atoms with van der Waals surface area (Å²) in [6.45, 7) is 0.575. The first-order chi connectivity index (χ1) is 8.72. The van der Waals surface area contributed by atoms with Gasteiger partial charge >= 0.3 is 0 Å². The van der Waals surface area contributed by atoms with Crippen LogP contribution in [0.25, 0.3) is 0 Å². The third-order valence-corrected chi connectivity index (χ3v) is 4.27. The molecule has 1 heterocycles. The van der Waals surface area contributed by atoms with Crippen molar-refractivity contribution >= 4 is 11.7 Å². The number of hydrogen-bond acceptors (Lipinski definition) is 2. The van der Waals surface area contributed by atoms with Crippen molar-refractivity contribution in [2.45, 2.75) is 44.2 Å². The zero-order valence-electron chi connectivity index (χ0n) is 10.4. The van der Waals surface area contributed by atoms with E-state index in [1.807, 2.05) is 35.2 Å². The minimum absolute atomic E-state index is 0.133. The van der Waals surface area contributed by atoms with Crippen LogP contribution in [0.15, 0.2) is 30.3 Å². The maximum Gasteiger partial charge on any atom is 0.223 e. The van der Waals surface area contributed by atoms with E-state index in [-0.39, 0.29) is 11.7 Å². The number of Topliss-reactive ketones (excluding diaryl/α,β-unsaturated/α-hetero) is 1. The molecule has 0 aromatic heterocycles. The van der Waals surface area contributed by atoms with Gasteiger partial charge in [-0.05, 0) is 24.8 Å². The van der Waals surface area contributed by atoms with Gasteiger partial charge in [-0.15, -0.1) is 0 Å². The lowest BCUT2D eigenvalue weighted by atomic mass is 9.93. The van der Waals surface area contributed by atoms with Crippen molar-refractivity contribution in [3.05, 3.63) is 35.9 Å². The highest BCUT2D eigenvalue weighted by atomic mass is 16.2. The highest BCUT2D eigenvalue weighted by molar-refractivity contribution is 5.97. The van der Waals surface area contributed by atoms with Crippen LogP contribution in [0.1, 0.15) is 37.7 Å². The zero-order valence-corrected chi connectivity index (χ0v) is 10.4. The lowest BCUT2D eigenvalue weighted by molar-refractivity contribution is -0.139. The largest absolute Gasteiger partial charge is 0.326 e. The van der Waals surface area contributed by atoms with Gasteiger partial charge in [0.05, 0.1) is 0 Å². The Kier molecular flexibility index (Phi) is 2.69. The van der Waals surface area contributed by atoms with Gasteiger partial charge in [0.15, 0.2) is 5.78 Å². The number of amides is 1. The van der Waals surface area contributed by atoms with E-state index in [0.29, 0.717) is 19.4 Å². The van der Waals surface area contributed by atoms with Crippen LogP contribution in [-0.2, 0) is 16.1 Å². The van der Waals surface area contributed by atoms with Crippen molar-refractivity contribution in [1.29, 1.82) is 0 Å². The first-order valence-electron chi connectivity index (χ1n) is 6.60. The Labute approximate surface area is 107 Å². The third-order valence-electron chi connectivity index (χ3n) is 4.27. The first kappa shape index (κ1) is 11.5. The highest BCUT2D eigenvalue weighted by Gasteiger charge is 2.52. The topological polar surface area (TPSA) is 37.4 Å². The van der Waals surface area contributed by atoms with Gasteiger partial charge in [-0.1, -0.05) is 30.3 Å². The van der Waals surface area contributed by atoms with Crippen LogP contribution >= 0.6 is 0 Å². The van der Waals surface area contributed by atoms with Crippen molar-refractivity contribution < 1.29 is 9.59 Å². The summed E-state index contributed by atoms with van der Waals surface area (Å²) in [5, 5.41) is 0. The fourth-order valence-electron chi connectivity index (χ4n) is 3.29. The van der Waals surface area contributed by atoms with Gasteiger partial charge in [-0.25, -0.2) is 0 Å². The van der Waals surface area contributed by atoms with E-state index in [4.69, 9.17) is 0 Å². The van der Waals surface area contributed by atoms with Gasteiger partial charge in [0, 0.05) is 19.4 Å². The molecule has 1 spiro atoms. The molecule has 3 rings (SSSR count). The van der Waals surface area contributed by atoms with Crippen LogP contribution in [0.3, 0.4) is 0 Å². The van der Waals surface area contributed by atoms with E-state index in [1.54, 1.807) is 0 Å². The predicted octanol–water partition coefficient (Wildman–Crippen LogP) is 2.30. The monoisotopic (exact) mass is 243 g/mol. The molecule has 1 atom stereocenters. The molecule has 0 radical (unpaired) electrons. The van der Waals surface area contributed by atoms with E-state index in [1.165, 1.54) is 0 Å². The number of carbonyl (C=O) groups is 2. The summed E-state index contributed by atoms with van der Waals surface area (Å²) in [5.74, 6) is 0.401. The van der Waals surface area contributed by atoms with Crippen molar-refractivity contribution in [3.8, 4) is 0 Å². The van der Waals surface area contributed by atoms with E-state index in [0.717, 1.165) is 24.8 Å². The zero-order chi connectivity index (χ0) is 12.6. The first-order valence-corrected chi connectivity index (χ1v) is 6.60. The minimum atomic E-state index is -0.465. The van der Waals surface area contributed by atoms with Gasteiger partial charge in [0.25, 0.3) is 0 Å². The van der Waals surface area contributed by atoms with E-state index >= 15 is 0 Å². The molecule has 1 aliphatic carbocycles. The van der Waals surface area contributed by atoms with Gasteiger partial charge in [-0.2, -0.15) is 0 Å². The summed E-state index contributed by atoms with van der Waals surface area (Å²) in [6, 6.07) is 9.93. The van der Waals surface area contributed by atoms with Crippen LogP contribution in [0.2, 0.25) is 0 Å². The molecule has 2 fully saturated rings. The van der Waals surface area contributed by atoms with Crippen LogP contribution in [0.5, 0.6) is 0 Å². The van der Waals surface area contributed by atoms with Crippen molar-refractivity contribution in [3.63, 3.8) is 0 Å². The second-order valence-electron chi connectivity index (χ2n) is 5.27. The van der Waals surface area contributed by atoms with Crippen molar-refractivity contribution in [2.75, 3.05) is 0 Å². The molecule has 94 valence electrons. The molecule has 0 bridgehead atoms. The summed E-state index contributed by atoms with van der Waals surface area (Å²) in [6.07, 6.45) is 3.66. The molecule has 0 N–H and O–H groups in total. The Balaban J connectivity index is 1.89. The van der Waals surface area contributed by atoms with E-state index in [2.05, 4.69) is 0 Å². The summed E-state index contributed by atoms with van der Waals surface area (Å²) >= 11 is 0. The molecule has 18 heavy (non-hydrogen) atoms. The predicted molar refractivity (Wildman–Crippen MR) is 67.8 cm³/mol. The average Bonchev–Trinajstić information content (AvgIpc) is 2.90. The third kappa shape index (κ3) is 1.65. The summed E-state index contributed by atoms with van der Waals surface area (Å²) < 4.78 is 0. The van der Waals surface area contributed by atoms with E-state index in [9.17, 15) is 9.59 Å². The van der Waals surface area contributed by atoms with Crippen molar-refractivity contribution in [1.82, 2.24) is 4.90 Å². The molecule has 1 saturated carbocycles. The van der Waals surface area contributed by atoms with Crippen LogP contribution < -0.4 is 0 Å². The number of rotatable bonds is 2. The molecule has 1 aromatic carbocycles. The smallest absolute Gasteiger partial charge is 0.223 e. The van der Waals surface area contributed by atoms with Crippen LogP contribution in [0, 0.1) is 0 Å². The van der Waals surface area contributed by atoms with E-state index < -0.39 is 5.54 Å². The molecule has 1 amide bonds. The molecule has 1 saturated heterocycles. The molecule has 1 aromatic rings. The number of carbonyl (C=O) groups excluding carboxylic acids is 2. The van der Waals surface area contributed by atoms with Crippen LogP contribution in [-0.4, -0.2) is 22.1 Å². The Hall–Kier alpha value is -1.64. The molecular weight excluding hydrogens is 226 g/mol. The fourth-order valence-corrected chi connectivity index (χ4v) is 3.29. The maximum absolute atomic E-state index is 12.2. The number of benzene rings is 1. The normalized spacial score (nSPS) is 27.4. The molecule has 3 heteroatoms. The molecule has 2 aliphatic rings. The average molecular weight is 243 g/mol. The van der Waals surface area contributed by atoms with Gasteiger partial charge < -0.3 is 4.90 Å². The molecule has 0 unspecified atom stereocenters. The Morgan fingerprint density at radius 2 is 1.83 bits per heavy atom. The van der Waals surface area contributed by atoms with Crippen LogP contribution in [0.4, 0.5) is 0 Å². The summed E-state index contributed by atoms with van der Waals surface area (Å²) in [7, 11) is 0. The molecule has 1 aliphatic heterocycles. The molecule has 3 nitrogen and oxygen atoms in total. The SMILES string of the molecule is O=C1CC[C@]2(CCCC2=O)N1Cc1ccccc1. The summed E-state index contributed by atoms with van der Waals surface area (Å²) in [5.41, 5.74) is 0.638. The second-order valence-corrected chi connectivity index (χ2v) is 5.27. The Morgan fingerprint density at radius 1 is 1.06 bits per heavy atom. The fraction of sp³-hybridized carbons (Fsp3) is 0.467. The van der Waals surface area contributed by atoms with Gasteiger partial charge in [0.1, 0.15) is 5.54 Å². The number of nitrogens with zero attached hydrogens (tertiary/aromatic N) is 1. The lowest BCUT2D eigenvalue weighted by Gasteiger charge is -2.33. The Bertz CT molecular complexity index is 483. The minimum Gasteiger partial charge on any atom is -0.326 e. The standard InChI is InChI=1S/C15H17NO2/c17-13-7-4-9-15(13)10-8-14(18)16(15)11-12-5-2-1-3-6-12/h1-3,5-6H,4,7-11H2/t15-/m0/s1. The number of hydrogen-bond donors (Lipinski definition) is 0. The lowest BCUT2D eigenvalue weighted by Crippen LogP contribution is -2.48. The molecular formula is C15H17NO2. The van der Waals surface area contributed by atoms with Gasteiger partial charge in [-0.3, -0.25) is 9.59 Å². The Morgan fingerprint density at radius 3 is 2.50 bits per heavy atom. The maximum atomic E-state index is 12.2. The second kappa shape index (κ2) is 4.23. The van der Waals surface area contributed by atoms with Crippen molar-refractivity contribution in [2.24, 2.45) is 0 Å². The number of likely N-dealkylation sites (tertiary alicyclic amines) is 1.